The summed E-state index contributed by atoms with van der Waals surface area (Å²) < 4.78 is 0. The van der Waals surface area contributed by atoms with E-state index in [1.807, 2.05) is 11.6 Å². The molecule has 6 heteroatoms. The van der Waals surface area contributed by atoms with Gasteiger partial charge in [-0.15, -0.1) is 11.3 Å². The third-order valence-electron chi connectivity index (χ3n) is 3.85. The predicted octanol–water partition coefficient (Wildman–Crippen LogP) is 2.60. The summed E-state index contributed by atoms with van der Waals surface area (Å²) in [6.45, 7) is 3.14. The molecule has 1 aliphatic heterocycles. The Hall–Kier alpha value is -1.69. The van der Waals surface area contributed by atoms with Crippen LogP contribution >= 0.6 is 11.3 Å². The fourth-order valence-electron chi connectivity index (χ4n) is 2.60. The van der Waals surface area contributed by atoms with Crippen molar-refractivity contribution in [3.8, 4) is 0 Å². The van der Waals surface area contributed by atoms with Crippen molar-refractivity contribution in [3.63, 3.8) is 0 Å². The highest BCUT2D eigenvalue weighted by Crippen LogP contribution is 2.20. The molecule has 0 unspecified atom stereocenters. The molecule has 0 bridgehead atoms. The first-order chi connectivity index (χ1) is 10.3. The van der Waals surface area contributed by atoms with E-state index in [4.69, 9.17) is 0 Å². The summed E-state index contributed by atoms with van der Waals surface area (Å²) >= 11 is 1.71. The quantitative estimate of drug-likeness (QED) is 0.849. The van der Waals surface area contributed by atoms with Crippen molar-refractivity contribution >= 4 is 23.0 Å². The van der Waals surface area contributed by atoms with Crippen LogP contribution in [0, 0.1) is 0 Å². The number of hydrogen-bond donors (Lipinski definition) is 0. The minimum atomic E-state index is 0.921. The third-order valence-corrected chi connectivity index (χ3v) is 4.69. The van der Waals surface area contributed by atoms with E-state index in [0.29, 0.717) is 0 Å². The first-order valence-corrected chi connectivity index (χ1v) is 8.37. The molecule has 0 atom stereocenters. The molecule has 2 aromatic heterocycles. The van der Waals surface area contributed by atoms with E-state index in [1.165, 1.54) is 24.3 Å². The number of nitrogens with zero attached hydrogens (tertiary/aromatic N) is 5. The van der Waals surface area contributed by atoms with Crippen LogP contribution in [-0.2, 0) is 6.42 Å². The maximum absolute atomic E-state index is 4.43. The van der Waals surface area contributed by atoms with Gasteiger partial charge in [-0.25, -0.2) is 15.0 Å². The summed E-state index contributed by atoms with van der Waals surface area (Å²) in [5.41, 5.74) is 0. The lowest BCUT2D eigenvalue weighted by molar-refractivity contribution is 0.573. The molecule has 1 aliphatic rings. The second kappa shape index (κ2) is 6.85. The van der Waals surface area contributed by atoms with E-state index < -0.39 is 0 Å². The SMILES string of the molecule is CN(CCc1nccs1)c1cc(N2CCCCC2)ncn1. The van der Waals surface area contributed by atoms with E-state index in [1.54, 1.807) is 17.7 Å². The van der Waals surface area contributed by atoms with E-state index >= 15 is 0 Å². The van der Waals surface area contributed by atoms with Gasteiger partial charge in [-0.1, -0.05) is 0 Å². The highest BCUT2D eigenvalue weighted by atomic mass is 32.1. The molecule has 21 heavy (non-hydrogen) atoms. The van der Waals surface area contributed by atoms with Crippen LogP contribution in [0.3, 0.4) is 0 Å². The van der Waals surface area contributed by atoms with Crippen LogP contribution in [-0.4, -0.2) is 41.6 Å². The number of rotatable bonds is 5. The molecule has 1 fully saturated rings. The molecular formula is C15H21N5S. The lowest BCUT2D eigenvalue weighted by Gasteiger charge is -2.28. The molecular weight excluding hydrogens is 282 g/mol. The van der Waals surface area contributed by atoms with Crippen LogP contribution in [0.4, 0.5) is 11.6 Å². The average Bonchev–Trinajstić information content (AvgIpc) is 3.07. The molecule has 112 valence electrons. The van der Waals surface area contributed by atoms with Gasteiger partial charge in [-0.2, -0.15) is 0 Å². The van der Waals surface area contributed by atoms with Crippen LogP contribution in [0.5, 0.6) is 0 Å². The summed E-state index contributed by atoms with van der Waals surface area (Å²) in [6, 6.07) is 2.10. The number of anilines is 2. The molecule has 0 saturated carbocycles. The molecule has 1 saturated heterocycles. The molecule has 5 nitrogen and oxygen atoms in total. The van der Waals surface area contributed by atoms with Crippen molar-refractivity contribution in [3.05, 3.63) is 29.0 Å². The monoisotopic (exact) mass is 303 g/mol. The van der Waals surface area contributed by atoms with Gasteiger partial charge in [0.15, 0.2) is 0 Å². The molecule has 3 heterocycles. The fraction of sp³-hybridized carbons (Fsp3) is 0.533. The van der Waals surface area contributed by atoms with Crippen molar-refractivity contribution in [1.29, 1.82) is 0 Å². The Morgan fingerprint density at radius 3 is 2.81 bits per heavy atom. The van der Waals surface area contributed by atoms with Gasteiger partial charge < -0.3 is 9.80 Å². The van der Waals surface area contributed by atoms with Crippen molar-refractivity contribution in [2.24, 2.45) is 0 Å². The van der Waals surface area contributed by atoms with Crippen molar-refractivity contribution < 1.29 is 0 Å². The molecule has 0 radical (unpaired) electrons. The minimum absolute atomic E-state index is 0.921. The molecule has 0 aromatic carbocycles. The Balaban J connectivity index is 1.64. The number of hydrogen-bond acceptors (Lipinski definition) is 6. The average molecular weight is 303 g/mol. The van der Waals surface area contributed by atoms with E-state index in [-0.39, 0.29) is 0 Å². The van der Waals surface area contributed by atoms with Gasteiger partial charge in [-0.05, 0) is 19.3 Å². The van der Waals surface area contributed by atoms with Crippen LogP contribution in [0.2, 0.25) is 0 Å². The summed E-state index contributed by atoms with van der Waals surface area (Å²) in [5, 5.41) is 3.20. The first-order valence-electron chi connectivity index (χ1n) is 7.49. The number of thiazole rings is 1. The molecule has 0 aliphatic carbocycles. The zero-order valence-electron chi connectivity index (χ0n) is 12.4. The lowest BCUT2D eigenvalue weighted by Crippen LogP contribution is -2.30. The summed E-state index contributed by atoms with van der Waals surface area (Å²) in [5.74, 6) is 2.04. The summed E-state index contributed by atoms with van der Waals surface area (Å²) in [6.07, 6.45) is 8.36. The zero-order chi connectivity index (χ0) is 14.5. The number of likely N-dealkylation sites (N-methyl/N-ethyl adjacent to an activating group) is 1. The molecule has 2 aromatic rings. The van der Waals surface area contributed by atoms with Crippen LogP contribution in [0.25, 0.3) is 0 Å². The largest absolute Gasteiger partial charge is 0.359 e. The molecule has 0 N–H and O–H groups in total. The lowest BCUT2D eigenvalue weighted by atomic mass is 10.1. The Morgan fingerprint density at radius 1 is 1.19 bits per heavy atom. The van der Waals surface area contributed by atoms with Gasteiger partial charge in [0.2, 0.25) is 0 Å². The molecule has 0 amide bonds. The fourth-order valence-corrected chi connectivity index (χ4v) is 3.21. The van der Waals surface area contributed by atoms with Crippen molar-refractivity contribution in [1.82, 2.24) is 15.0 Å². The topological polar surface area (TPSA) is 45.2 Å². The van der Waals surface area contributed by atoms with Crippen LogP contribution < -0.4 is 9.80 Å². The standard InChI is InChI=1S/C15H21N5S/c1-19(9-5-15-16-6-10-21-15)13-11-14(18-12-17-13)20-7-3-2-4-8-20/h6,10-12H,2-5,7-9H2,1H3. The Morgan fingerprint density at radius 2 is 2.05 bits per heavy atom. The third kappa shape index (κ3) is 3.69. The molecule has 3 rings (SSSR count). The second-order valence-electron chi connectivity index (χ2n) is 5.38. The smallest absolute Gasteiger partial charge is 0.134 e. The van der Waals surface area contributed by atoms with Gasteiger partial charge in [0, 0.05) is 50.7 Å². The van der Waals surface area contributed by atoms with Gasteiger partial charge in [0.25, 0.3) is 0 Å². The van der Waals surface area contributed by atoms with E-state index in [9.17, 15) is 0 Å². The van der Waals surface area contributed by atoms with Gasteiger partial charge in [0.1, 0.15) is 18.0 Å². The number of aromatic nitrogens is 3. The normalized spacial score (nSPS) is 15.2. The zero-order valence-corrected chi connectivity index (χ0v) is 13.2. The second-order valence-corrected chi connectivity index (χ2v) is 6.36. The van der Waals surface area contributed by atoms with Crippen LogP contribution in [0.15, 0.2) is 24.0 Å². The Kier molecular flexibility index (Phi) is 4.65. The maximum Gasteiger partial charge on any atom is 0.134 e. The van der Waals surface area contributed by atoms with Gasteiger partial charge in [0.05, 0.1) is 5.01 Å². The van der Waals surface area contributed by atoms with Crippen molar-refractivity contribution in [2.75, 3.05) is 36.5 Å². The Bertz CT molecular complexity index is 551. The van der Waals surface area contributed by atoms with E-state index in [2.05, 4.69) is 37.9 Å². The molecule has 0 spiro atoms. The van der Waals surface area contributed by atoms with E-state index in [0.717, 1.165) is 37.7 Å². The highest BCUT2D eigenvalue weighted by molar-refractivity contribution is 7.09. The summed E-state index contributed by atoms with van der Waals surface area (Å²) in [4.78, 5) is 17.7. The first kappa shape index (κ1) is 14.3. The maximum atomic E-state index is 4.43. The highest BCUT2D eigenvalue weighted by Gasteiger charge is 2.13. The van der Waals surface area contributed by atoms with Crippen molar-refractivity contribution in [2.45, 2.75) is 25.7 Å². The van der Waals surface area contributed by atoms with Gasteiger partial charge in [-0.3, -0.25) is 0 Å². The number of piperidine rings is 1. The minimum Gasteiger partial charge on any atom is -0.359 e. The van der Waals surface area contributed by atoms with Crippen LogP contribution in [0.1, 0.15) is 24.3 Å². The van der Waals surface area contributed by atoms with Gasteiger partial charge >= 0.3 is 0 Å². The predicted molar refractivity (Wildman–Crippen MR) is 87.2 cm³/mol. The summed E-state index contributed by atoms with van der Waals surface area (Å²) in [7, 11) is 2.08. The Labute approximate surface area is 129 Å².